The molecular weight excluding hydrogens is 272 g/mol. The van der Waals surface area contributed by atoms with Gasteiger partial charge in [-0.3, -0.25) is 9.59 Å². The maximum atomic E-state index is 11.8. The van der Waals surface area contributed by atoms with Crippen molar-refractivity contribution in [1.29, 1.82) is 0 Å². The summed E-state index contributed by atoms with van der Waals surface area (Å²) in [4.78, 5) is 24.4. The zero-order chi connectivity index (χ0) is 16.0. The summed E-state index contributed by atoms with van der Waals surface area (Å²) < 4.78 is 0. The van der Waals surface area contributed by atoms with E-state index in [0.717, 1.165) is 24.2 Å². The van der Waals surface area contributed by atoms with Gasteiger partial charge in [-0.25, -0.2) is 0 Å². The lowest BCUT2D eigenvalue weighted by molar-refractivity contribution is -0.150. The Morgan fingerprint density at radius 1 is 1.38 bits per heavy atom. The summed E-state index contributed by atoms with van der Waals surface area (Å²) in [6.45, 7) is 2.12. The fourth-order valence-electron chi connectivity index (χ4n) is 2.10. The highest BCUT2D eigenvalue weighted by molar-refractivity contribution is 5.91. The summed E-state index contributed by atoms with van der Waals surface area (Å²) in [6.07, 6.45) is 5.15. The van der Waals surface area contributed by atoms with Gasteiger partial charge in [-0.2, -0.15) is 0 Å². The van der Waals surface area contributed by atoms with Crippen LogP contribution in [0.1, 0.15) is 26.2 Å². The molecule has 0 aromatic heterocycles. The van der Waals surface area contributed by atoms with Crippen molar-refractivity contribution in [3.05, 3.63) is 23.9 Å². The Morgan fingerprint density at radius 3 is 2.52 bits per heavy atom. The molecule has 1 aliphatic rings. The van der Waals surface area contributed by atoms with Crippen LogP contribution in [0.4, 0.5) is 0 Å². The van der Waals surface area contributed by atoms with Crippen molar-refractivity contribution < 1.29 is 19.8 Å². The molecule has 1 aliphatic carbocycles. The molecule has 21 heavy (non-hydrogen) atoms. The number of aliphatic hydroxyl groups is 2. The lowest BCUT2D eigenvalue weighted by Gasteiger charge is -2.21. The van der Waals surface area contributed by atoms with E-state index >= 15 is 0 Å². The standard InChI is InChI=1S/C15H24N2O4/c1-4-5-10-6-8-11(9-7-10)16-14(20)12(18)13(19)15(21)17(2)3/h6,8-10,12-13,18-19H,4-5,7H2,1-3H3,(H,16,20)/t10?,12?,13-/m1/s1. The molecule has 0 fully saturated rings. The number of likely N-dealkylation sites (N-methyl/N-ethyl adjacent to an activating group) is 1. The molecule has 6 heteroatoms. The minimum Gasteiger partial charge on any atom is -0.380 e. The smallest absolute Gasteiger partial charge is 0.256 e. The van der Waals surface area contributed by atoms with Crippen LogP contribution >= 0.6 is 0 Å². The fraction of sp³-hybridized carbons (Fsp3) is 0.600. The second-order valence-electron chi connectivity index (χ2n) is 5.41. The van der Waals surface area contributed by atoms with E-state index < -0.39 is 24.0 Å². The van der Waals surface area contributed by atoms with Crippen molar-refractivity contribution in [2.24, 2.45) is 5.92 Å². The molecule has 0 aliphatic heterocycles. The molecule has 2 unspecified atom stereocenters. The van der Waals surface area contributed by atoms with E-state index in [1.54, 1.807) is 6.08 Å². The molecule has 118 valence electrons. The van der Waals surface area contributed by atoms with Crippen molar-refractivity contribution >= 4 is 11.8 Å². The van der Waals surface area contributed by atoms with Gasteiger partial charge in [0.25, 0.3) is 11.8 Å². The quantitative estimate of drug-likeness (QED) is 0.652. The van der Waals surface area contributed by atoms with Crippen LogP contribution in [-0.2, 0) is 9.59 Å². The Hall–Kier alpha value is -1.66. The van der Waals surface area contributed by atoms with E-state index in [4.69, 9.17) is 0 Å². The summed E-state index contributed by atoms with van der Waals surface area (Å²) in [7, 11) is 2.88. The molecule has 0 saturated carbocycles. The van der Waals surface area contributed by atoms with Gasteiger partial charge in [-0.05, 0) is 24.8 Å². The average Bonchev–Trinajstić information content (AvgIpc) is 2.47. The van der Waals surface area contributed by atoms with Gasteiger partial charge in [0.1, 0.15) is 0 Å². The van der Waals surface area contributed by atoms with Gasteiger partial charge in [0.05, 0.1) is 0 Å². The maximum absolute atomic E-state index is 11.8. The number of hydrogen-bond donors (Lipinski definition) is 3. The van der Waals surface area contributed by atoms with Crippen molar-refractivity contribution in [1.82, 2.24) is 10.2 Å². The highest BCUT2D eigenvalue weighted by Crippen LogP contribution is 2.19. The number of carbonyl (C=O) groups excluding carboxylic acids is 2. The molecule has 1 rings (SSSR count). The van der Waals surface area contributed by atoms with Crippen LogP contribution in [0, 0.1) is 5.92 Å². The lowest BCUT2D eigenvalue weighted by atomic mass is 9.95. The first-order valence-electron chi connectivity index (χ1n) is 7.13. The number of allylic oxidation sites excluding steroid dienone is 3. The minimum absolute atomic E-state index is 0.474. The minimum atomic E-state index is -1.79. The molecular formula is C15H24N2O4. The fourth-order valence-corrected chi connectivity index (χ4v) is 2.10. The first kappa shape index (κ1) is 17.4. The number of rotatable bonds is 6. The number of hydrogen-bond acceptors (Lipinski definition) is 4. The second-order valence-corrected chi connectivity index (χ2v) is 5.41. The van der Waals surface area contributed by atoms with E-state index in [0.29, 0.717) is 11.6 Å². The van der Waals surface area contributed by atoms with Crippen LogP contribution in [-0.4, -0.2) is 53.2 Å². The zero-order valence-corrected chi connectivity index (χ0v) is 12.7. The molecule has 0 saturated heterocycles. The van der Waals surface area contributed by atoms with Gasteiger partial charge in [0.2, 0.25) is 0 Å². The van der Waals surface area contributed by atoms with Crippen molar-refractivity contribution in [2.75, 3.05) is 14.1 Å². The first-order valence-corrected chi connectivity index (χ1v) is 7.13. The molecule has 0 radical (unpaired) electrons. The van der Waals surface area contributed by atoms with Crippen molar-refractivity contribution in [2.45, 2.75) is 38.4 Å². The Bertz CT molecular complexity index is 443. The van der Waals surface area contributed by atoms with E-state index in [-0.39, 0.29) is 0 Å². The van der Waals surface area contributed by atoms with Gasteiger partial charge in [0.15, 0.2) is 12.2 Å². The number of nitrogens with zero attached hydrogens (tertiary/aromatic N) is 1. The highest BCUT2D eigenvalue weighted by Gasteiger charge is 2.31. The second kappa shape index (κ2) is 7.95. The SMILES string of the molecule is CCCC1C=CC(NC(=O)C(O)[C@@H](O)C(=O)N(C)C)=CC1. The third-order valence-corrected chi connectivity index (χ3v) is 3.38. The third-order valence-electron chi connectivity index (χ3n) is 3.38. The Labute approximate surface area is 125 Å². The topological polar surface area (TPSA) is 89.9 Å². The molecule has 0 heterocycles. The molecule has 3 N–H and O–H groups in total. The molecule has 3 atom stereocenters. The molecule has 0 bridgehead atoms. The average molecular weight is 296 g/mol. The van der Waals surface area contributed by atoms with Crippen LogP contribution < -0.4 is 5.32 Å². The van der Waals surface area contributed by atoms with Crippen LogP contribution in [0.15, 0.2) is 23.9 Å². The number of nitrogens with one attached hydrogen (secondary N) is 1. The van der Waals surface area contributed by atoms with E-state index in [1.165, 1.54) is 14.1 Å². The van der Waals surface area contributed by atoms with Gasteiger partial charge in [-0.15, -0.1) is 0 Å². The number of aliphatic hydroxyl groups excluding tert-OH is 2. The normalized spacial score (nSPS) is 20.4. The Kier molecular flexibility index (Phi) is 6.58. The zero-order valence-electron chi connectivity index (χ0n) is 12.7. The van der Waals surface area contributed by atoms with Gasteiger partial charge < -0.3 is 20.4 Å². The largest absolute Gasteiger partial charge is 0.380 e. The van der Waals surface area contributed by atoms with E-state index in [2.05, 4.69) is 12.2 Å². The third kappa shape index (κ3) is 4.99. The first-order chi connectivity index (χ1) is 9.86. The summed E-state index contributed by atoms with van der Waals surface area (Å²) in [5.41, 5.74) is 0.580. The highest BCUT2D eigenvalue weighted by atomic mass is 16.3. The molecule has 0 aromatic carbocycles. The van der Waals surface area contributed by atoms with Crippen molar-refractivity contribution in [3.63, 3.8) is 0 Å². The molecule has 0 spiro atoms. The monoisotopic (exact) mass is 296 g/mol. The predicted molar refractivity (Wildman–Crippen MR) is 79.1 cm³/mol. The molecule has 0 aromatic rings. The summed E-state index contributed by atoms with van der Waals surface area (Å²) in [5, 5.41) is 21.9. The number of carbonyl (C=O) groups is 2. The summed E-state index contributed by atoms with van der Waals surface area (Å²) >= 11 is 0. The lowest BCUT2D eigenvalue weighted by Crippen LogP contribution is -2.48. The molecule has 2 amide bonds. The van der Waals surface area contributed by atoms with Gasteiger partial charge in [0, 0.05) is 19.8 Å². The van der Waals surface area contributed by atoms with E-state index in [9.17, 15) is 19.8 Å². The predicted octanol–water partition coefficient (Wildman–Crippen LogP) is 0.173. The maximum Gasteiger partial charge on any atom is 0.256 e. The molecule has 6 nitrogen and oxygen atoms in total. The van der Waals surface area contributed by atoms with E-state index in [1.807, 2.05) is 12.2 Å². The van der Waals surface area contributed by atoms with Crippen LogP contribution in [0.5, 0.6) is 0 Å². The van der Waals surface area contributed by atoms with Crippen molar-refractivity contribution in [3.8, 4) is 0 Å². The van der Waals surface area contributed by atoms with Gasteiger partial charge in [-0.1, -0.05) is 25.5 Å². The Morgan fingerprint density at radius 2 is 2.05 bits per heavy atom. The van der Waals surface area contributed by atoms with Crippen LogP contribution in [0.3, 0.4) is 0 Å². The Balaban J connectivity index is 2.54. The number of amides is 2. The van der Waals surface area contributed by atoms with Gasteiger partial charge >= 0.3 is 0 Å². The summed E-state index contributed by atoms with van der Waals surface area (Å²) in [5.74, 6) is -1.03. The van der Waals surface area contributed by atoms with Crippen LogP contribution in [0.2, 0.25) is 0 Å². The summed E-state index contributed by atoms with van der Waals surface area (Å²) in [6, 6.07) is 0. The van der Waals surface area contributed by atoms with Crippen LogP contribution in [0.25, 0.3) is 0 Å².